The molecule has 0 radical (unpaired) electrons. The molecule has 1 atom stereocenters. The molecule has 0 saturated carbocycles. The Hall–Kier alpha value is -1.75. The third-order valence-electron chi connectivity index (χ3n) is 3.39. The summed E-state index contributed by atoms with van der Waals surface area (Å²) in [5, 5.41) is 15.9. The van der Waals surface area contributed by atoms with Crippen LogP contribution in [-0.2, 0) is 19.9 Å². The van der Waals surface area contributed by atoms with Crippen molar-refractivity contribution in [1.82, 2.24) is 25.5 Å². The van der Waals surface area contributed by atoms with Gasteiger partial charge in [0.05, 0.1) is 7.05 Å². The fourth-order valence-electron chi connectivity index (χ4n) is 2.29. The zero-order chi connectivity index (χ0) is 14.4. The van der Waals surface area contributed by atoms with Gasteiger partial charge in [-0.15, -0.1) is 10.2 Å². The second-order valence-electron chi connectivity index (χ2n) is 5.18. The highest BCUT2D eigenvalue weighted by molar-refractivity contribution is 5.26. The van der Waals surface area contributed by atoms with E-state index in [9.17, 15) is 0 Å². The van der Waals surface area contributed by atoms with E-state index >= 15 is 0 Å². The van der Waals surface area contributed by atoms with E-state index in [1.54, 1.807) is 7.05 Å². The van der Waals surface area contributed by atoms with Crippen molar-refractivity contribution in [3.63, 3.8) is 0 Å². The second kappa shape index (κ2) is 7.14. The van der Waals surface area contributed by atoms with E-state index in [0.29, 0.717) is 6.04 Å². The summed E-state index contributed by atoms with van der Waals surface area (Å²) in [7, 11) is 1.80. The summed E-state index contributed by atoms with van der Waals surface area (Å²) in [6.07, 6.45) is 2.92. The molecular weight excluding hydrogens is 250 g/mol. The monoisotopic (exact) mass is 273 g/mol. The molecule has 1 heterocycles. The van der Waals surface area contributed by atoms with Gasteiger partial charge in [-0.2, -0.15) is 4.80 Å². The largest absolute Gasteiger partial charge is 0.313 e. The average molecular weight is 273 g/mol. The standard InChI is InChI=1S/C15H23N5/c1-4-9-16-14(11-15-17-19-20(3)18-15)10-13-8-6-5-7-12(13)2/h5-8,14,16H,4,9-11H2,1-3H3. The first kappa shape index (κ1) is 14.7. The summed E-state index contributed by atoms with van der Waals surface area (Å²) in [5.41, 5.74) is 2.72. The van der Waals surface area contributed by atoms with Crippen LogP contribution in [0.2, 0.25) is 0 Å². The van der Waals surface area contributed by atoms with E-state index in [1.165, 1.54) is 15.9 Å². The Morgan fingerprint density at radius 1 is 1.25 bits per heavy atom. The molecule has 1 aromatic carbocycles. The minimum Gasteiger partial charge on any atom is -0.313 e. The summed E-state index contributed by atoms with van der Waals surface area (Å²) in [5.74, 6) is 0.801. The van der Waals surface area contributed by atoms with Gasteiger partial charge in [0.25, 0.3) is 0 Å². The number of hydrogen-bond acceptors (Lipinski definition) is 4. The zero-order valence-corrected chi connectivity index (χ0v) is 12.5. The molecule has 0 saturated heterocycles. The molecule has 0 aliphatic heterocycles. The summed E-state index contributed by atoms with van der Waals surface area (Å²) in [4.78, 5) is 1.51. The quantitative estimate of drug-likeness (QED) is 0.834. The lowest BCUT2D eigenvalue weighted by molar-refractivity contribution is 0.493. The van der Waals surface area contributed by atoms with Gasteiger partial charge in [0.2, 0.25) is 0 Å². The first-order valence-electron chi connectivity index (χ1n) is 7.19. The molecule has 0 aliphatic rings. The maximum atomic E-state index is 4.28. The molecule has 5 heteroatoms. The molecule has 0 spiro atoms. The first-order chi connectivity index (χ1) is 9.69. The van der Waals surface area contributed by atoms with Crippen LogP contribution in [0, 0.1) is 6.92 Å². The van der Waals surface area contributed by atoms with Gasteiger partial charge >= 0.3 is 0 Å². The van der Waals surface area contributed by atoms with Crippen LogP contribution in [0.25, 0.3) is 0 Å². The smallest absolute Gasteiger partial charge is 0.176 e. The van der Waals surface area contributed by atoms with E-state index in [4.69, 9.17) is 0 Å². The van der Waals surface area contributed by atoms with E-state index in [1.807, 2.05) is 0 Å². The third kappa shape index (κ3) is 4.13. The summed E-state index contributed by atoms with van der Waals surface area (Å²) < 4.78 is 0. The zero-order valence-electron chi connectivity index (χ0n) is 12.5. The van der Waals surface area contributed by atoms with Crippen molar-refractivity contribution in [2.24, 2.45) is 7.05 Å². The first-order valence-corrected chi connectivity index (χ1v) is 7.19. The lowest BCUT2D eigenvalue weighted by Gasteiger charge is -2.18. The molecule has 108 valence electrons. The average Bonchev–Trinajstić information content (AvgIpc) is 2.84. The van der Waals surface area contributed by atoms with Crippen LogP contribution in [0.5, 0.6) is 0 Å². The Kier molecular flexibility index (Phi) is 5.24. The fraction of sp³-hybridized carbons (Fsp3) is 0.533. The molecule has 0 aliphatic carbocycles. The molecule has 2 aromatic rings. The molecule has 0 bridgehead atoms. The molecule has 0 amide bonds. The van der Waals surface area contributed by atoms with E-state index in [-0.39, 0.29) is 0 Å². The van der Waals surface area contributed by atoms with Crippen LogP contribution >= 0.6 is 0 Å². The van der Waals surface area contributed by atoms with Crippen molar-refractivity contribution in [3.05, 3.63) is 41.2 Å². The van der Waals surface area contributed by atoms with Crippen LogP contribution in [0.3, 0.4) is 0 Å². The third-order valence-corrected chi connectivity index (χ3v) is 3.39. The highest BCUT2D eigenvalue weighted by Gasteiger charge is 2.14. The van der Waals surface area contributed by atoms with Crippen molar-refractivity contribution in [2.75, 3.05) is 6.54 Å². The second-order valence-corrected chi connectivity index (χ2v) is 5.18. The van der Waals surface area contributed by atoms with Gasteiger partial charge in [0.15, 0.2) is 5.82 Å². The number of nitrogens with one attached hydrogen (secondary N) is 1. The number of aromatic nitrogens is 4. The number of tetrazole rings is 1. The van der Waals surface area contributed by atoms with Gasteiger partial charge in [0.1, 0.15) is 0 Å². The lowest BCUT2D eigenvalue weighted by atomic mass is 9.99. The lowest BCUT2D eigenvalue weighted by Crippen LogP contribution is -2.34. The van der Waals surface area contributed by atoms with Crippen LogP contribution < -0.4 is 5.32 Å². The molecule has 1 aromatic heterocycles. The Balaban J connectivity index is 2.05. The summed E-state index contributed by atoms with van der Waals surface area (Å²) >= 11 is 0. The predicted molar refractivity (Wildman–Crippen MR) is 79.5 cm³/mol. The Morgan fingerprint density at radius 3 is 2.70 bits per heavy atom. The van der Waals surface area contributed by atoms with Crippen molar-refractivity contribution >= 4 is 0 Å². The van der Waals surface area contributed by atoms with E-state index < -0.39 is 0 Å². The van der Waals surface area contributed by atoms with Gasteiger partial charge in [-0.3, -0.25) is 0 Å². The number of nitrogens with zero attached hydrogens (tertiary/aromatic N) is 4. The highest BCUT2D eigenvalue weighted by Crippen LogP contribution is 2.11. The van der Waals surface area contributed by atoms with E-state index in [0.717, 1.165) is 31.6 Å². The SMILES string of the molecule is CCCNC(Cc1nnn(C)n1)Cc1ccccc1C. The maximum Gasteiger partial charge on any atom is 0.176 e. The van der Waals surface area contributed by atoms with Gasteiger partial charge in [0, 0.05) is 12.5 Å². The van der Waals surface area contributed by atoms with Crippen LogP contribution in [0.1, 0.15) is 30.3 Å². The van der Waals surface area contributed by atoms with Crippen LogP contribution in [0.15, 0.2) is 24.3 Å². The number of rotatable bonds is 7. The predicted octanol–water partition coefficient (Wildman–Crippen LogP) is 1.67. The Morgan fingerprint density at radius 2 is 2.05 bits per heavy atom. The molecule has 1 unspecified atom stereocenters. The fourth-order valence-corrected chi connectivity index (χ4v) is 2.29. The molecule has 20 heavy (non-hydrogen) atoms. The molecule has 1 N–H and O–H groups in total. The minimum atomic E-state index is 0.347. The molecule has 2 rings (SSSR count). The number of aryl methyl sites for hydroxylation is 2. The van der Waals surface area contributed by atoms with Gasteiger partial charge in [-0.05, 0) is 42.7 Å². The van der Waals surface area contributed by atoms with Gasteiger partial charge < -0.3 is 5.32 Å². The normalized spacial score (nSPS) is 12.6. The minimum absolute atomic E-state index is 0.347. The van der Waals surface area contributed by atoms with Gasteiger partial charge in [-0.25, -0.2) is 0 Å². The highest BCUT2D eigenvalue weighted by atomic mass is 15.6. The van der Waals surface area contributed by atoms with Crippen LogP contribution in [-0.4, -0.2) is 32.8 Å². The molecular formula is C15H23N5. The van der Waals surface area contributed by atoms with Crippen molar-refractivity contribution in [2.45, 2.75) is 39.2 Å². The topological polar surface area (TPSA) is 55.6 Å². The maximum absolute atomic E-state index is 4.28. The summed E-state index contributed by atoms with van der Waals surface area (Å²) in [6, 6.07) is 8.88. The summed E-state index contributed by atoms with van der Waals surface area (Å²) in [6.45, 7) is 5.35. The number of hydrogen-bond donors (Lipinski definition) is 1. The molecule has 0 fully saturated rings. The Bertz CT molecular complexity index is 535. The van der Waals surface area contributed by atoms with Gasteiger partial charge in [-0.1, -0.05) is 31.2 Å². The van der Waals surface area contributed by atoms with Crippen LogP contribution in [0.4, 0.5) is 0 Å². The Labute approximate surface area is 120 Å². The number of benzene rings is 1. The van der Waals surface area contributed by atoms with Crippen molar-refractivity contribution in [1.29, 1.82) is 0 Å². The van der Waals surface area contributed by atoms with Crippen molar-refractivity contribution < 1.29 is 0 Å². The van der Waals surface area contributed by atoms with Crippen molar-refractivity contribution in [3.8, 4) is 0 Å². The van der Waals surface area contributed by atoms with E-state index in [2.05, 4.69) is 58.8 Å². The molecule has 5 nitrogen and oxygen atoms in total.